The first kappa shape index (κ1) is 20.9. The summed E-state index contributed by atoms with van der Waals surface area (Å²) in [4.78, 5) is 11.9. The van der Waals surface area contributed by atoms with Crippen LogP contribution in [0.3, 0.4) is 0 Å². The largest absolute Gasteiger partial charge is 0.358 e. The van der Waals surface area contributed by atoms with Gasteiger partial charge in [0.15, 0.2) is 0 Å². The van der Waals surface area contributed by atoms with Gasteiger partial charge in [-0.15, -0.1) is 17.7 Å². The van der Waals surface area contributed by atoms with Gasteiger partial charge >= 0.3 is 0 Å². The molecule has 1 aromatic heterocycles. The van der Waals surface area contributed by atoms with Crippen molar-refractivity contribution in [2.24, 2.45) is 0 Å². The summed E-state index contributed by atoms with van der Waals surface area (Å²) in [6.45, 7) is 0. The summed E-state index contributed by atoms with van der Waals surface area (Å²) in [7, 11) is 4.27. The number of hydrogen-bond acceptors (Lipinski definition) is 4. The molecule has 7 rings (SSSR count). The van der Waals surface area contributed by atoms with Crippen molar-refractivity contribution in [3.8, 4) is 11.3 Å². The van der Waals surface area contributed by atoms with Crippen LogP contribution >= 0.6 is 0 Å². The van der Waals surface area contributed by atoms with Crippen molar-refractivity contribution in [1.82, 2.24) is 4.98 Å². The minimum atomic E-state index is 0. The maximum Gasteiger partial charge on any atom is 0.0632 e. The van der Waals surface area contributed by atoms with E-state index in [0.29, 0.717) is 0 Å². The molecule has 167 valence electrons. The van der Waals surface area contributed by atoms with E-state index in [1.54, 1.807) is 0 Å². The van der Waals surface area contributed by atoms with Crippen molar-refractivity contribution in [2.45, 2.75) is 0 Å². The maximum atomic E-state index is 4.96. The Kier molecular flexibility index (Phi) is 4.73. The summed E-state index contributed by atoms with van der Waals surface area (Å²) in [5.74, 6) is 0. The van der Waals surface area contributed by atoms with Gasteiger partial charge in [0.05, 0.1) is 28.3 Å². The van der Waals surface area contributed by atoms with Gasteiger partial charge in [0.25, 0.3) is 0 Å². The third-order valence-corrected chi connectivity index (χ3v) is 6.76. The summed E-state index contributed by atoms with van der Waals surface area (Å²) < 4.78 is 0. The van der Waals surface area contributed by atoms with Crippen LogP contribution in [0.4, 0.5) is 39.8 Å². The van der Waals surface area contributed by atoms with Crippen LogP contribution in [0.15, 0.2) is 91.0 Å². The quantitative estimate of drug-likeness (QED) is 0.184. The van der Waals surface area contributed by atoms with Crippen molar-refractivity contribution in [3.05, 3.63) is 97.1 Å². The first-order valence-electron chi connectivity index (χ1n) is 11.1. The molecule has 0 saturated carbocycles. The molecule has 3 heterocycles. The van der Waals surface area contributed by atoms with Gasteiger partial charge in [-0.3, -0.25) is 4.98 Å². The zero-order chi connectivity index (χ0) is 22.1. The van der Waals surface area contributed by atoms with E-state index in [9.17, 15) is 0 Å². The Balaban J connectivity index is 0.00000217. The molecule has 34 heavy (non-hydrogen) atoms. The number of pyridine rings is 1. The second-order valence-electron chi connectivity index (χ2n) is 8.59. The molecule has 4 nitrogen and oxygen atoms in total. The van der Waals surface area contributed by atoms with Crippen molar-refractivity contribution in [2.75, 3.05) is 28.8 Å². The summed E-state index contributed by atoms with van der Waals surface area (Å²) in [5.41, 5.74) is 11.0. The zero-order valence-electron chi connectivity index (χ0n) is 18.8. The molecule has 0 unspecified atom stereocenters. The van der Waals surface area contributed by atoms with Crippen LogP contribution in [0, 0.1) is 6.07 Å². The Morgan fingerprint density at radius 1 is 0.647 bits per heavy atom. The third-order valence-electron chi connectivity index (χ3n) is 6.76. The number of fused-ring (bicyclic) bond motifs is 5. The van der Waals surface area contributed by atoms with E-state index in [4.69, 9.17) is 4.98 Å². The second kappa shape index (κ2) is 7.69. The minimum absolute atomic E-state index is 0. The Hall–Kier alpha value is -3.66. The molecule has 0 saturated heterocycles. The van der Waals surface area contributed by atoms with E-state index in [0.717, 1.165) is 44.9 Å². The van der Waals surface area contributed by atoms with E-state index in [1.165, 1.54) is 17.1 Å². The summed E-state index contributed by atoms with van der Waals surface area (Å²) in [6.07, 6.45) is 0. The fourth-order valence-electron chi connectivity index (χ4n) is 5.12. The van der Waals surface area contributed by atoms with E-state index >= 15 is 0 Å². The van der Waals surface area contributed by atoms with Gasteiger partial charge in [0.2, 0.25) is 0 Å². The molecule has 5 heteroatoms. The molecule has 0 atom stereocenters. The second-order valence-corrected chi connectivity index (χ2v) is 8.59. The maximum absolute atomic E-state index is 4.96. The summed E-state index contributed by atoms with van der Waals surface area (Å²) >= 11 is 0. The van der Waals surface area contributed by atoms with Crippen LogP contribution in [0.1, 0.15) is 0 Å². The van der Waals surface area contributed by atoms with E-state index < -0.39 is 0 Å². The molecule has 2 aliphatic rings. The number of benzene rings is 4. The number of anilines is 7. The fraction of sp³-hybridized carbons (Fsp3) is 0.0690. The molecule has 0 aliphatic carbocycles. The zero-order valence-corrected chi connectivity index (χ0v) is 21.2. The molecule has 0 fully saturated rings. The van der Waals surface area contributed by atoms with Crippen LogP contribution < -0.4 is 14.7 Å². The Labute approximate surface area is 212 Å². The average molecular weight is 618 g/mol. The van der Waals surface area contributed by atoms with E-state index in [2.05, 4.69) is 114 Å². The standard InChI is InChI=1S/C29H21N4.Ir/c1-31-23-11-5-7-13-25(23)33-26-14-8-6-12-24(26)32(2)28-18-20(17-27(31)29(28)33)22-16-15-19-9-3-4-10-21(19)30-22;/h3-17H,1-2H3;/q-1;. The number of rotatable bonds is 1. The summed E-state index contributed by atoms with van der Waals surface area (Å²) in [6, 6.07) is 35.6. The van der Waals surface area contributed by atoms with Crippen LogP contribution in [-0.2, 0) is 20.1 Å². The molecule has 2 aliphatic heterocycles. The van der Waals surface area contributed by atoms with Gasteiger partial charge in [-0.25, -0.2) is 0 Å². The van der Waals surface area contributed by atoms with Gasteiger partial charge < -0.3 is 14.7 Å². The van der Waals surface area contributed by atoms with E-state index in [-0.39, 0.29) is 20.1 Å². The fourth-order valence-corrected chi connectivity index (χ4v) is 5.12. The molecule has 4 aromatic carbocycles. The van der Waals surface area contributed by atoms with Crippen molar-refractivity contribution >= 4 is 50.7 Å². The van der Waals surface area contributed by atoms with Crippen molar-refractivity contribution in [3.63, 3.8) is 0 Å². The van der Waals surface area contributed by atoms with Gasteiger partial charge in [0.1, 0.15) is 0 Å². The molecule has 5 aromatic rings. The smallest absolute Gasteiger partial charge is 0.0632 e. The number of hydrogen-bond donors (Lipinski definition) is 0. The molecule has 1 radical (unpaired) electrons. The average Bonchev–Trinajstić information content (AvgIpc) is 2.88. The first-order chi connectivity index (χ1) is 16.2. The van der Waals surface area contributed by atoms with Crippen LogP contribution in [0.25, 0.3) is 22.2 Å². The van der Waals surface area contributed by atoms with Crippen LogP contribution in [0.2, 0.25) is 0 Å². The van der Waals surface area contributed by atoms with Crippen molar-refractivity contribution in [1.29, 1.82) is 0 Å². The first-order valence-corrected chi connectivity index (χ1v) is 11.1. The normalized spacial score (nSPS) is 13.2. The number of aromatic nitrogens is 1. The third kappa shape index (κ3) is 2.84. The monoisotopic (exact) mass is 618 g/mol. The predicted octanol–water partition coefficient (Wildman–Crippen LogP) is 7.33. The molecular weight excluding hydrogens is 597 g/mol. The Bertz CT molecular complexity index is 1500. The molecular formula is C29H21IrN4-. The van der Waals surface area contributed by atoms with E-state index in [1.807, 2.05) is 12.1 Å². The van der Waals surface area contributed by atoms with Crippen molar-refractivity contribution < 1.29 is 20.1 Å². The predicted molar refractivity (Wildman–Crippen MR) is 137 cm³/mol. The minimum Gasteiger partial charge on any atom is -0.358 e. The van der Waals surface area contributed by atoms with Gasteiger partial charge in [-0.05, 0) is 52.8 Å². The number of nitrogens with zero attached hydrogens (tertiary/aromatic N) is 4. The topological polar surface area (TPSA) is 22.6 Å². The van der Waals surface area contributed by atoms with Crippen LogP contribution in [0.5, 0.6) is 0 Å². The Morgan fingerprint density at radius 3 is 2.00 bits per heavy atom. The molecule has 0 bridgehead atoms. The molecule has 0 amide bonds. The van der Waals surface area contributed by atoms with Gasteiger partial charge in [-0.1, -0.05) is 54.6 Å². The molecule has 0 spiro atoms. The van der Waals surface area contributed by atoms with Gasteiger partial charge in [-0.2, -0.15) is 0 Å². The summed E-state index contributed by atoms with van der Waals surface area (Å²) in [5, 5.41) is 1.14. The van der Waals surface area contributed by atoms with Gasteiger partial charge in [0, 0.05) is 39.9 Å². The number of para-hydroxylation sites is 5. The SMILES string of the molecule is CN1c2[c-]c(-c3ccc4ccccc4n3)cc3c2N(c2ccccc21)c1ccccc1N3C.[Ir]. The van der Waals surface area contributed by atoms with Crippen LogP contribution in [-0.4, -0.2) is 19.1 Å². The Morgan fingerprint density at radius 2 is 1.26 bits per heavy atom. The molecule has 0 N–H and O–H groups in total.